The average Bonchev–Trinajstić information content (AvgIpc) is 3.11. The molecule has 1 saturated heterocycles. The number of likely N-dealkylation sites (tertiary alicyclic amines) is 1. The number of Topliss-reactive ketones (excluding diaryl/α,β-unsaturated/α-hetero) is 1. The topological polar surface area (TPSA) is 70.1 Å². The van der Waals surface area contributed by atoms with Crippen LogP contribution in [0.15, 0.2) is 48.0 Å². The van der Waals surface area contributed by atoms with Crippen LogP contribution >= 0.6 is 11.6 Å². The van der Waals surface area contributed by atoms with Gasteiger partial charge in [0.15, 0.2) is 0 Å². The summed E-state index contributed by atoms with van der Waals surface area (Å²) >= 11 is 6.27. The third kappa shape index (κ3) is 5.71. The minimum atomic E-state index is -0.685. The number of nitrogens with zero attached hydrogens (tertiary/aromatic N) is 2. The molecule has 0 spiro atoms. The number of rotatable bonds is 10. The molecule has 1 aliphatic heterocycles. The lowest BCUT2D eigenvalue weighted by Gasteiger charge is -2.27. The molecular weight excluding hydrogens is 464 g/mol. The standard InChI is InChI=1S/C28H35ClN2O4/c1-6-30(7-2)15-8-16-31-25(20-11-9-19(10-12-20)18(3)4)24(27(33)28(31)34)26(32)21-13-14-23(35-5)22(29)17-21/h9-14,17-18,25,32H,6-8,15-16H2,1-5H3/t25-/m0/s1. The van der Waals surface area contributed by atoms with Gasteiger partial charge >= 0.3 is 0 Å². The van der Waals surface area contributed by atoms with Crippen molar-refractivity contribution < 1.29 is 19.4 Å². The predicted molar refractivity (Wildman–Crippen MR) is 140 cm³/mol. The van der Waals surface area contributed by atoms with E-state index in [1.165, 1.54) is 7.11 Å². The van der Waals surface area contributed by atoms with Crippen LogP contribution < -0.4 is 4.74 Å². The number of amides is 1. The Morgan fingerprint density at radius 1 is 1.11 bits per heavy atom. The molecule has 2 aromatic rings. The van der Waals surface area contributed by atoms with Crippen LogP contribution in [0.5, 0.6) is 5.75 Å². The van der Waals surface area contributed by atoms with E-state index in [1.807, 2.05) is 24.3 Å². The predicted octanol–water partition coefficient (Wildman–Crippen LogP) is 5.63. The number of ether oxygens (including phenoxy) is 1. The quantitative estimate of drug-likeness (QED) is 0.261. The lowest BCUT2D eigenvalue weighted by molar-refractivity contribution is -0.140. The second-order valence-electron chi connectivity index (χ2n) is 9.04. The molecule has 35 heavy (non-hydrogen) atoms. The highest BCUT2D eigenvalue weighted by atomic mass is 35.5. The van der Waals surface area contributed by atoms with Crippen LogP contribution in [-0.4, -0.2) is 59.9 Å². The number of carbonyl (C=O) groups excluding carboxylic acids is 2. The van der Waals surface area contributed by atoms with Crippen molar-refractivity contribution in [3.05, 3.63) is 69.8 Å². The molecule has 1 amide bonds. The van der Waals surface area contributed by atoms with E-state index >= 15 is 0 Å². The van der Waals surface area contributed by atoms with Gasteiger partial charge in [-0.25, -0.2) is 0 Å². The SMILES string of the molecule is CCN(CC)CCCN1C(=O)C(=O)C(=C(O)c2ccc(OC)c(Cl)c2)[C@@H]1c1ccc(C(C)C)cc1. The minimum Gasteiger partial charge on any atom is -0.507 e. The van der Waals surface area contributed by atoms with E-state index in [0.29, 0.717) is 28.8 Å². The number of hydrogen-bond donors (Lipinski definition) is 1. The van der Waals surface area contributed by atoms with Crippen molar-refractivity contribution in [3.63, 3.8) is 0 Å². The molecule has 188 valence electrons. The summed E-state index contributed by atoms with van der Waals surface area (Å²) < 4.78 is 5.20. The summed E-state index contributed by atoms with van der Waals surface area (Å²) in [5, 5.41) is 11.6. The van der Waals surface area contributed by atoms with Gasteiger partial charge in [-0.3, -0.25) is 9.59 Å². The van der Waals surface area contributed by atoms with Crippen LogP contribution in [0.2, 0.25) is 5.02 Å². The highest BCUT2D eigenvalue weighted by Gasteiger charge is 2.45. The minimum absolute atomic E-state index is 0.0800. The van der Waals surface area contributed by atoms with Crippen LogP contribution in [0, 0.1) is 0 Å². The Labute approximate surface area is 213 Å². The summed E-state index contributed by atoms with van der Waals surface area (Å²) in [6.45, 7) is 11.5. The van der Waals surface area contributed by atoms with Crippen molar-refractivity contribution in [2.75, 3.05) is 33.3 Å². The Kier molecular flexibility index (Phi) is 8.98. The first-order valence-corrected chi connectivity index (χ1v) is 12.6. The molecule has 1 N–H and O–H groups in total. The maximum atomic E-state index is 13.2. The molecule has 3 rings (SSSR count). The van der Waals surface area contributed by atoms with Crippen LogP contribution in [-0.2, 0) is 9.59 Å². The Morgan fingerprint density at radius 2 is 1.77 bits per heavy atom. The summed E-state index contributed by atoms with van der Waals surface area (Å²) in [7, 11) is 1.51. The fourth-order valence-corrected chi connectivity index (χ4v) is 4.75. The molecule has 2 aromatic carbocycles. The van der Waals surface area contributed by atoms with Gasteiger partial charge in [0.2, 0.25) is 0 Å². The van der Waals surface area contributed by atoms with E-state index in [2.05, 4.69) is 32.6 Å². The summed E-state index contributed by atoms with van der Waals surface area (Å²) in [6, 6.07) is 12.0. The fraction of sp³-hybridized carbons (Fsp3) is 0.429. The number of aliphatic hydroxyl groups is 1. The van der Waals surface area contributed by atoms with Crippen molar-refractivity contribution in [1.82, 2.24) is 9.80 Å². The van der Waals surface area contributed by atoms with Crippen molar-refractivity contribution in [1.29, 1.82) is 0 Å². The molecule has 0 aliphatic carbocycles. The number of halogens is 1. The molecule has 0 saturated carbocycles. The molecule has 0 unspecified atom stereocenters. The van der Waals surface area contributed by atoms with E-state index in [0.717, 1.165) is 37.2 Å². The van der Waals surface area contributed by atoms with Crippen molar-refractivity contribution >= 4 is 29.1 Å². The van der Waals surface area contributed by atoms with Gasteiger partial charge in [0.25, 0.3) is 11.7 Å². The fourth-order valence-electron chi connectivity index (χ4n) is 4.49. The van der Waals surface area contributed by atoms with Gasteiger partial charge in [-0.2, -0.15) is 0 Å². The zero-order valence-electron chi connectivity index (χ0n) is 21.2. The van der Waals surface area contributed by atoms with E-state index in [1.54, 1.807) is 23.1 Å². The van der Waals surface area contributed by atoms with E-state index in [-0.39, 0.29) is 11.3 Å². The van der Waals surface area contributed by atoms with Crippen LogP contribution in [0.3, 0.4) is 0 Å². The Balaban J connectivity index is 2.06. The largest absolute Gasteiger partial charge is 0.507 e. The third-order valence-electron chi connectivity index (χ3n) is 6.65. The Bertz CT molecular complexity index is 1090. The van der Waals surface area contributed by atoms with Gasteiger partial charge in [0.1, 0.15) is 11.5 Å². The third-order valence-corrected chi connectivity index (χ3v) is 6.95. The molecule has 0 radical (unpaired) electrons. The molecule has 1 heterocycles. The first kappa shape index (κ1) is 26.8. The molecule has 1 atom stereocenters. The highest BCUT2D eigenvalue weighted by molar-refractivity contribution is 6.46. The van der Waals surface area contributed by atoms with Crippen LogP contribution in [0.4, 0.5) is 0 Å². The lowest BCUT2D eigenvalue weighted by Crippen LogP contribution is -2.33. The molecular formula is C28H35ClN2O4. The van der Waals surface area contributed by atoms with Gasteiger partial charge in [0, 0.05) is 12.1 Å². The first-order chi connectivity index (χ1) is 16.7. The van der Waals surface area contributed by atoms with Crippen LogP contribution in [0.1, 0.15) is 62.8 Å². The van der Waals surface area contributed by atoms with Gasteiger partial charge < -0.3 is 19.6 Å². The maximum absolute atomic E-state index is 13.2. The molecule has 0 aromatic heterocycles. The number of hydrogen-bond acceptors (Lipinski definition) is 5. The van der Waals surface area contributed by atoms with Gasteiger partial charge in [0.05, 0.1) is 23.7 Å². The van der Waals surface area contributed by atoms with Gasteiger partial charge in [-0.05, 0) is 61.3 Å². The lowest BCUT2D eigenvalue weighted by atomic mass is 9.93. The van der Waals surface area contributed by atoms with Crippen molar-refractivity contribution in [2.45, 2.75) is 46.1 Å². The average molecular weight is 499 g/mol. The second-order valence-corrected chi connectivity index (χ2v) is 9.45. The van der Waals surface area contributed by atoms with E-state index in [4.69, 9.17) is 16.3 Å². The van der Waals surface area contributed by atoms with E-state index < -0.39 is 17.7 Å². The zero-order chi connectivity index (χ0) is 25.7. The summed E-state index contributed by atoms with van der Waals surface area (Å²) in [5.74, 6) is -0.706. The summed E-state index contributed by atoms with van der Waals surface area (Å²) in [4.78, 5) is 30.3. The van der Waals surface area contributed by atoms with Crippen LogP contribution in [0.25, 0.3) is 5.76 Å². The summed E-state index contributed by atoms with van der Waals surface area (Å²) in [5.41, 5.74) is 2.39. The molecule has 7 heteroatoms. The number of ketones is 1. The molecule has 0 bridgehead atoms. The summed E-state index contributed by atoms with van der Waals surface area (Å²) in [6.07, 6.45) is 0.726. The number of carbonyl (C=O) groups is 2. The number of methoxy groups -OCH3 is 1. The highest BCUT2D eigenvalue weighted by Crippen LogP contribution is 2.40. The van der Waals surface area contributed by atoms with E-state index in [9.17, 15) is 14.7 Å². The number of aliphatic hydroxyl groups excluding tert-OH is 1. The zero-order valence-corrected chi connectivity index (χ0v) is 21.9. The monoisotopic (exact) mass is 498 g/mol. The molecule has 1 fully saturated rings. The smallest absolute Gasteiger partial charge is 0.295 e. The Hall–Kier alpha value is -2.83. The second kappa shape index (κ2) is 11.7. The molecule has 6 nitrogen and oxygen atoms in total. The maximum Gasteiger partial charge on any atom is 0.295 e. The van der Waals surface area contributed by atoms with Gasteiger partial charge in [-0.1, -0.05) is 63.6 Å². The normalized spacial score (nSPS) is 17.6. The van der Waals surface area contributed by atoms with Crippen molar-refractivity contribution in [3.8, 4) is 5.75 Å². The van der Waals surface area contributed by atoms with Gasteiger partial charge in [-0.15, -0.1) is 0 Å². The number of benzene rings is 2. The van der Waals surface area contributed by atoms with Crippen molar-refractivity contribution in [2.24, 2.45) is 0 Å². The molecule has 1 aliphatic rings. The first-order valence-electron chi connectivity index (χ1n) is 12.2. The Morgan fingerprint density at radius 3 is 2.31 bits per heavy atom.